The number of benzene rings is 1. The second kappa shape index (κ2) is 3.41. The summed E-state index contributed by atoms with van der Waals surface area (Å²) < 4.78 is 0. The molecule has 1 aromatic rings. The molecule has 1 aliphatic heterocycles. The maximum Gasteiger partial charge on any atom is 0.335 e. The number of aryl methyl sites for hydroxylation is 1. The summed E-state index contributed by atoms with van der Waals surface area (Å²) in [6.07, 6.45) is 1.04. The summed E-state index contributed by atoms with van der Waals surface area (Å²) in [4.78, 5) is 36.8. The van der Waals surface area contributed by atoms with Crippen LogP contribution in [0.5, 0.6) is 0 Å². The number of carbonyl (C=O) groups excluding carboxylic acids is 3. The van der Waals surface area contributed by atoms with Crippen LogP contribution >= 0.6 is 0 Å². The molecule has 0 atom stereocenters. The Kier molecular flexibility index (Phi) is 2.08. The quantitative estimate of drug-likeness (QED) is 0.758. The number of nitrogens with zero attached hydrogens (tertiary/aromatic N) is 1. The van der Waals surface area contributed by atoms with Gasteiger partial charge in [0.25, 0.3) is 5.91 Å². The predicted molar refractivity (Wildman–Crippen MR) is 63.9 cm³/mol. The van der Waals surface area contributed by atoms with Gasteiger partial charge in [0.15, 0.2) is 0 Å². The van der Waals surface area contributed by atoms with Crippen molar-refractivity contribution < 1.29 is 14.4 Å². The average Bonchev–Trinajstić information content (AvgIpc) is 3.08. The molecule has 18 heavy (non-hydrogen) atoms. The smallest absolute Gasteiger partial charge is 0.276 e. The second-order valence-electron chi connectivity index (χ2n) is 4.82. The van der Waals surface area contributed by atoms with Crippen molar-refractivity contribution >= 4 is 23.5 Å². The van der Waals surface area contributed by atoms with Crippen LogP contribution in [-0.4, -0.2) is 17.8 Å². The van der Waals surface area contributed by atoms with Gasteiger partial charge in [0.1, 0.15) is 5.41 Å². The molecule has 1 aromatic carbocycles. The molecule has 1 spiro atoms. The van der Waals surface area contributed by atoms with Gasteiger partial charge in [0.2, 0.25) is 5.91 Å². The number of rotatable bonds is 1. The molecular weight excluding hydrogens is 232 g/mol. The fraction of sp³-hybridized carbons (Fsp3) is 0.308. The molecule has 2 aliphatic rings. The number of barbiturate groups is 1. The number of urea groups is 1. The highest BCUT2D eigenvalue weighted by molar-refractivity contribution is 6.31. The van der Waals surface area contributed by atoms with E-state index in [9.17, 15) is 14.4 Å². The van der Waals surface area contributed by atoms with E-state index in [1.165, 1.54) is 0 Å². The lowest BCUT2D eigenvalue weighted by Crippen LogP contribution is -2.59. The third-order valence-corrected chi connectivity index (χ3v) is 3.48. The van der Waals surface area contributed by atoms with Crippen molar-refractivity contribution in [3.05, 3.63) is 29.8 Å². The van der Waals surface area contributed by atoms with E-state index in [2.05, 4.69) is 5.32 Å². The van der Waals surface area contributed by atoms with Crippen molar-refractivity contribution in [3.63, 3.8) is 0 Å². The number of hydrogen-bond acceptors (Lipinski definition) is 3. The van der Waals surface area contributed by atoms with Crippen molar-refractivity contribution in [1.29, 1.82) is 0 Å². The first-order chi connectivity index (χ1) is 8.54. The third kappa shape index (κ3) is 1.37. The van der Waals surface area contributed by atoms with Crippen LogP contribution < -0.4 is 10.2 Å². The van der Waals surface area contributed by atoms with E-state index >= 15 is 0 Å². The van der Waals surface area contributed by atoms with Crippen molar-refractivity contribution in [2.75, 3.05) is 4.90 Å². The van der Waals surface area contributed by atoms with Crippen LogP contribution in [0.4, 0.5) is 10.5 Å². The number of hydrogen-bond donors (Lipinski definition) is 1. The molecule has 1 saturated carbocycles. The summed E-state index contributed by atoms with van der Waals surface area (Å²) >= 11 is 0. The zero-order valence-electron chi connectivity index (χ0n) is 9.90. The van der Waals surface area contributed by atoms with Crippen molar-refractivity contribution in [2.24, 2.45) is 5.41 Å². The first-order valence-corrected chi connectivity index (χ1v) is 5.81. The van der Waals surface area contributed by atoms with Crippen LogP contribution in [0.3, 0.4) is 0 Å². The lowest BCUT2D eigenvalue weighted by Gasteiger charge is -2.30. The number of amides is 4. The highest BCUT2D eigenvalue weighted by atomic mass is 16.2. The van der Waals surface area contributed by atoms with E-state index in [1.54, 1.807) is 18.2 Å². The molecule has 0 aromatic heterocycles. The van der Waals surface area contributed by atoms with Crippen LogP contribution in [0.25, 0.3) is 0 Å². The predicted octanol–water partition coefficient (Wildman–Crippen LogP) is 1.36. The van der Waals surface area contributed by atoms with Crippen molar-refractivity contribution in [3.8, 4) is 0 Å². The van der Waals surface area contributed by atoms with Gasteiger partial charge in [-0.15, -0.1) is 0 Å². The molecular formula is C13H12N2O3. The van der Waals surface area contributed by atoms with Gasteiger partial charge in [-0.25, -0.2) is 9.69 Å². The normalized spacial score (nSPS) is 21.2. The standard InChI is InChI=1S/C13H12N2O3/c1-8-3-2-4-9(7-8)15-11(17)13(5-6-13)10(16)14-12(15)18/h2-4,7H,5-6H2,1H3,(H,14,16,18). The lowest BCUT2D eigenvalue weighted by atomic mass is 10.0. The Morgan fingerprint density at radius 3 is 2.56 bits per heavy atom. The lowest BCUT2D eigenvalue weighted by molar-refractivity contribution is -0.136. The van der Waals surface area contributed by atoms with E-state index in [0.717, 1.165) is 10.5 Å². The monoisotopic (exact) mass is 244 g/mol. The molecule has 0 bridgehead atoms. The van der Waals surface area contributed by atoms with Gasteiger partial charge in [0, 0.05) is 0 Å². The molecule has 0 radical (unpaired) electrons. The van der Waals surface area contributed by atoms with Crippen LogP contribution in [0.1, 0.15) is 18.4 Å². The van der Waals surface area contributed by atoms with Gasteiger partial charge >= 0.3 is 6.03 Å². The molecule has 3 rings (SSSR count). The minimum absolute atomic E-state index is 0.401. The Morgan fingerprint density at radius 2 is 1.94 bits per heavy atom. The van der Waals surface area contributed by atoms with Gasteiger partial charge in [-0.3, -0.25) is 14.9 Å². The summed E-state index contributed by atoms with van der Waals surface area (Å²) in [5.41, 5.74) is 0.476. The molecule has 92 valence electrons. The fourth-order valence-corrected chi connectivity index (χ4v) is 2.24. The van der Waals surface area contributed by atoms with Gasteiger partial charge in [-0.2, -0.15) is 0 Å². The molecule has 5 nitrogen and oxygen atoms in total. The third-order valence-electron chi connectivity index (χ3n) is 3.48. The largest absolute Gasteiger partial charge is 0.335 e. The first-order valence-electron chi connectivity index (χ1n) is 5.81. The zero-order valence-corrected chi connectivity index (χ0v) is 9.90. The van der Waals surface area contributed by atoms with Crippen LogP contribution in [0.2, 0.25) is 0 Å². The van der Waals surface area contributed by atoms with Crippen LogP contribution in [0, 0.1) is 12.3 Å². The van der Waals surface area contributed by atoms with Crippen molar-refractivity contribution in [1.82, 2.24) is 5.32 Å². The Hall–Kier alpha value is -2.17. The molecule has 4 amide bonds. The molecule has 5 heteroatoms. The van der Waals surface area contributed by atoms with Crippen LogP contribution in [0.15, 0.2) is 24.3 Å². The van der Waals surface area contributed by atoms with E-state index in [0.29, 0.717) is 18.5 Å². The van der Waals surface area contributed by atoms with Gasteiger partial charge in [-0.1, -0.05) is 12.1 Å². The maximum atomic E-state index is 12.3. The van der Waals surface area contributed by atoms with E-state index in [1.807, 2.05) is 13.0 Å². The average molecular weight is 244 g/mol. The summed E-state index contributed by atoms with van der Waals surface area (Å²) in [7, 11) is 0. The van der Waals surface area contributed by atoms with E-state index in [4.69, 9.17) is 0 Å². The summed E-state index contributed by atoms with van der Waals surface area (Å²) in [5.74, 6) is -0.858. The summed E-state index contributed by atoms with van der Waals surface area (Å²) in [6, 6.07) is 6.45. The van der Waals surface area contributed by atoms with E-state index in [-0.39, 0.29) is 0 Å². The Balaban J connectivity index is 2.03. The van der Waals surface area contributed by atoms with Crippen LogP contribution in [-0.2, 0) is 9.59 Å². The molecule has 1 aliphatic carbocycles. The molecule has 1 heterocycles. The van der Waals surface area contributed by atoms with E-state index < -0.39 is 23.3 Å². The number of carbonyl (C=O) groups is 3. The second-order valence-corrected chi connectivity index (χ2v) is 4.82. The first kappa shape index (κ1) is 11.0. The summed E-state index contributed by atoms with van der Waals surface area (Å²) in [6.45, 7) is 1.88. The SMILES string of the molecule is Cc1cccc(N2C(=O)NC(=O)C3(CC3)C2=O)c1. The minimum atomic E-state index is -0.988. The molecule has 1 N–H and O–H groups in total. The van der Waals surface area contributed by atoms with Gasteiger partial charge < -0.3 is 0 Å². The maximum absolute atomic E-state index is 12.3. The van der Waals surface area contributed by atoms with Gasteiger partial charge in [-0.05, 0) is 37.5 Å². The Bertz CT molecular complexity index is 575. The summed E-state index contributed by atoms with van der Waals surface area (Å²) in [5, 5.41) is 2.26. The fourth-order valence-electron chi connectivity index (χ4n) is 2.24. The molecule has 1 saturated heterocycles. The minimum Gasteiger partial charge on any atom is -0.276 e. The van der Waals surface area contributed by atoms with Gasteiger partial charge in [0.05, 0.1) is 5.69 Å². The topological polar surface area (TPSA) is 66.5 Å². The Labute approximate surface area is 104 Å². The molecule has 0 unspecified atom stereocenters. The van der Waals surface area contributed by atoms with Crippen molar-refractivity contribution in [2.45, 2.75) is 19.8 Å². The number of nitrogens with one attached hydrogen (secondary N) is 1. The molecule has 2 fully saturated rings. The zero-order chi connectivity index (χ0) is 12.9. The number of imide groups is 2. The highest BCUT2D eigenvalue weighted by Crippen LogP contribution is 2.49. The highest BCUT2D eigenvalue weighted by Gasteiger charge is 2.62. The number of anilines is 1. The Morgan fingerprint density at radius 1 is 1.22 bits per heavy atom.